The second-order valence-corrected chi connectivity index (χ2v) is 7.73. The van der Waals surface area contributed by atoms with Gasteiger partial charge >= 0.3 is 0 Å². The van der Waals surface area contributed by atoms with E-state index in [1.807, 2.05) is 0 Å². The Balaban J connectivity index is 3.21. The van der Waals surface area contributed by atoms with Gasteiger partial charge in [0.05, 0.1) is 16.7 Å². The molecule has 0 radical (unpaired) electrons. The average Bonchev–Trinajstić information content (AvgIpc) is 2.23. The first kappa shape index (κ1) is 17.2. The Bertz CT molecular complexity index is 540. The van der Waals surface area contributed by atoms with Gasteiger partial charge in [-0.05, 0) is 18.1 Å². The van der Waals surface area contributed by atoms with Crippen LogP contribution in [0, 0.1) is 5.92 Å². The Morgan fingerprint density at radius 3 is 2.16 bits per heavy atom. The van der Waals surface area contributed by atoms with Gasteiger partial charge in [0.15, 0.2) is 0 Å². The van der Waals surface area contributed by atoms with Gasteiger partial charge in [0.2, 0.25) is 10.0 Å². The first-order valence-electron chi connectivity index (χ1n) is 5.46. The standard InChI is InChI=1S/C11H14BrCl2NO3S/c1-6(2)10(5-16)15-19(17,18)11-8(13)3-7(12)4-9(11)14/h3-4,6,10,15-16H,5H2,1-2H3/t10-/m1/s1. The third-order valence-corrected chi connectivity index (χ3v) is 5.41. The highest BCUT2D eigenvalue weighted by Gasteiger charge is 2.26. The highest BCUT2D eigenvalue weighted by atomic mass is 79.9. The number of nitrogens with one attached hydrogen (secondary N) is 1. The first-order chi connectivity index (χ1) is 8.69. The third-order valence-electron chi connectivity index (χ3n) is 2.54. The second kappa shape index (κ2) is 6.74. The van der Waals surface area contributed by atoms with Gasteiger partial charge in [-0.1, -0.05) is 53.0 Å². The third kappa shape index (κ3) is 4.31. The Hall–Kier alpha value is 0.150. The highest BCUT2D eigenvalue weighted by Crippen LogP contribution is 2.32. The van der Waals surface area contributed by atoms with E-state index < -0.39 is 16.1 Å². The maximum absolute atomic E-state index is 12.3. The normalized spacial score (nSPS) is 13.8. The zero-order valence-electron chi connectivity index (χ0n) is 10.3. The number of sulfonamides is 1. The number of aliphatic hydroxyl groups is 1. The average molecular weight is 391 g/mol. The van der Waals surface area contributed by atoms with E-state index in [-0.39, 0.29) is 27.5 Å². The molecule has 1 rings (SSSR count). The molecule has 0 saturated carbocycles. The maximum Gasteiger partial charge on any atom is 0.243 e. The fourth-order valence-electron chi connectivity index (χ4n) is 1.43. The van der Waals surface area contributed by atoms with Crippen molar-refractivity contribution in [2.24, 2.45) is 5.92 Å². The Labute approximate surface area is 131 Å². The van der Waals surface area contributed by atoms with Gasteiger partial charge in [-0.3, -0.25) is 0 Å². The van der Waals surface area contributed by atoms with E-state index in [9.17, 15) is 13.5 Å². The van der Waals surface area contributed by atoms with Crippen LogP contribution < -0.4 is 4.72 Å². The van der Waals surface area contributed by atoms with E-state index in [1.54, 1.807) is 13.8 Å². The van der Waals surface area contributed by atoms with Crippen LogP contribution in [0.4, 0.5) is 0 Å². The van der Waals surface area contributed by atoms with Crippen molar-refractivity contribution in [2.75, 3.05) is 6.61 Å². The molecule has 0 spiro atoms. The molecule has 1 aromatic carbocycles. The van der Waals surface area contributed by atoms with Crippen LogP contribution in [0.15, 0.2) is 21.5 Å². The van der Waals surface area contributed by atoms with Gasteiger partial charge in [0, 0.05) is 10.5 Å². The minimum Gasteiger partial charge on any atom is -0.395 e. The number of aliphatic hydroxyl groups excluding tert-OH is 1. The van der Waals surface area contributed by atoms with Crippen molar-refractivity contribution in [3.05, 3.63) is 26.7 Å². The minimum atomic E-state index is -3.89. The predicted octanol–water partition coefficient (Wildman–Crippen LogP) is 3.05. The molecule has 0 unspecified atom stereocenters. The summed E-state index contributed by atoms with van der Waals surface area (Å²) in [6.45, 7) is 3.30. The summed E-state index contributed by atoms with van der Waals surface area (Å²) < 4.78 is 27.5. The van der Waals surface area contributed by atoms with E-state index in [4.69, 9.17) is 23.2 Å². The molecule has 0 aliphatic heterocycles. The van der Waals surface area contributed by atoms with Crippen LogP contribution in [0.1, 0.15) is 13.8 Å². The molecule has 0 aromatic heterocycles. The van der Waals surface area contributed by atoms with E-state index in [0.717, 1.165) is 0 Å². The van der Waals surface area contributed by atoms with E-state index >= 15 is 0 Å². The summed E-state index contributed by atoms with van der Waals surface area (Å²) in [4.78, 5) is -0.182. The van der Waals surface area contributed by atoms with Crippen LogP contribution in [-0.2, 0) is 10.0 Å². The number of rotatable bonds is 5. The molecule has 0 amide bonds. The molecule has 4 nitrogen and oxygen atoms in total. The smallest absolute Gasteiger partial charge is 0.243 e. The number of hydrogen-bond acceptors (Lipinski definition) is 3. The lowest BCUT2D eigenvalue weighted by molar-refractivity contribution is 0.227. The SMILES string of the molecule is CC(C)[C@@H](CO)NS(=O)(=O)c1c(Cl)cc(Br)cc1Cl. The molecule has 0 heterocycles. The van der Waals surface area contributed by atoms with Gasteiger partial charge < -0.3 is 5.11 Å². The minimum absolute atomic E-state index is 0.0207. The van der Waals surface area contributed by atoms with Crippen LogP contribution in [0.3, 0.4) is 0 Å². The van der Waals surface area contributed by atoms with Gasteiger partial charge in [-0.2, -0.15) is 0 Å². The van der Waals surface area contributed by atoms with E-state index in [0.29, 0.717) is 4.47 Å². The lowest BCUT2D eigenvalue weighted by Gasteiger charge is -2.20. The molecule has 0 aliphatic rings. The maximum atomic E-state index is 12.3. The molecular weight excluding hydrogens is 377 g/mol. The fourth-order valence-corrected chi connectivity index (χ4v) is 4.74. The van der Waals surface area contributed by atoms with E-state index in [2.05, 4.69) is 20.7 Å². The van der Waals surface area contributed by atoms with Crippen molar-refractivity contribution in [1.29, 1.82) is 0 Å². The van der Waals surface area contributed by atoms with Crippen molar-refractivity contribution < 1.29 is 13.5 Å². The lowest BCUT2D eigenvalue weighted by Crippen LogP contribution is -2.41. The van der Waals surface area contributed by atoms with Gasteiger partial charge in [0.25, 0.3) is 0 Å². The molecule has 19 heavy (non-hydrogen) atoms. The molecule has 8 heteroatoms. The number of hydrogen-bond donors (Lipinski definition) is 2. The van der Waals surface area contributed by atoms with Crippen molar-refractivity contribution in [1.82, 2.24) is 4.72 Å². The zero-order valence-corrected chi connectivity index (χ0v) is 14.2. The summed E-state index contributed by atoms with van der Waals surface area (Å²) in [7, 11) is -3.89. The van der Waals surface area contributed by atoms with Crippen LogP contribution >= 0.6 is 39.1 Å². The lowest BCUT2D eigenvalue weighted by atomic mass is 10.1. The van der Waals surface area contributed by atoms with E-state index in [1.165, 1.54) is 12.1 Å². The van der Waals surface area contributed by atoms with Crippen molar-refractivity contribution in [2.45, 2.75) is 24.8 Å². The molecule has 0 saturated heterocycles. The topological polar surface area (TPSA) is 66.4 Å². The summed E-state index contributed by atoms with van der Waals surface area (Å²) in [6.07, 6.45) is 0. The second-order valence-electron chi connectivity index (χ2n) is 4.35. The van der Waals surface area contributed by atoms with Crippen molar-refractivity contribution in [3.8, 4) is 0 Å². The van der Waals surface area contributed by atoms with Crippen LogP contribution in [0.2, 0.25) is 10.0 Å². The predicted molar refractivity (Wildman–Crippen MR) is 80.2 cm³/mol. The highest BCUT2D eigenvalue weighted by molar-refractivity contribution is 9.10. The summed E-state index contributed by atoms with van der Waals surface area (Å²) in [5.74, 6) is -0.0622. The summed E-state index contributed by atoms with van der Waals surface area (Å²) in [6, 6.07) is 2.30. The van der Waals surface area contributed by atoms with Crippen molar-refractivity contribution in [3.63, 3.8) is 0 Å². The Morgan fingerprint density at radius 2 is 1.79 bits per heavy atom. The molecule has 0 fully saturated rings. The summed E-state index contributed by atoms with van der Waals surface area (Å²) in [5, 5.41) is 9.23. The molecular formula is C11H14BrCl2NO3S. The molecule has 1 aromatic rings. The summed E-state index contributed by atoms with van der Waals surface area (Å²) >= 11 is 15.0. The number of halogens is 3. The van der Waals surface area contributed by atoms with Gasteiger partial charge in [-0.15, -0.1) is 0 Å². The quantitative estimate of drug-likeness (QED) is 0.811. The molecule has 108 valence electrons. The monoisotopic (exact) mass is 389 g/mol. The zero-order chi connectivity index (χ0) is 14.8. The number of benzene rings is 1. The molecule has 2 N–H and O–H groups in total. The molecule has 1 atom stereocenters. The molecule has 0 bridgehead atoms. The van der Waals surface area contributed by atoms with Crippen molar-refractivity contribution >= 4 is 49.2 Å². The Kier molecular flexibility index (Phi) is 6.10. The largest absolute Gasteiger partial charge is 0.395 e. The van der Waals surface area contributed by atoms with Crippen LogP contribution in [0.5, 0.6) is 0 Å². The van der Waals surface area contributed by atoms with Crippen LogP contribution in [0.25, 0.3) is 0 Å². The van der Waals surface area contributed by atoms with Crippen LogP contribution in [-0.4, -0.2) is 26.2 Å². The Morgan fingerprint density at radius 1 is 1.32 bits per heavy atom. The first-order valence-corrected chi connectivity index (χ1v) is 8.50. The van der Waals surface area contributed by atoms with Gasteiger partial charge in [0.1, 0.15) is 4.90 Å². The van der Waals surface area contributed by atoms with Gasteiger partial charge in [-0.25, -0.2) is 13.1 Å². The molecule has 0 aliphatic carbocycles. The summed E-state index contributed by atoms with van der Waals surface area (Å²) in [5.41, 5.74) is 0. The fraction of sp³-hybridized carbons (Fsp3) is 0.455.